The van der Waals surface area contributed by atoms with Gasteiger partial charge in [-0.05, 0) is 31.5 Å². The largest absolute Gasteiger partial charge is 0.481 e. The number of aliphatic carboxylic acids is 1. The zero-order valence-corrected chi connectivity index (χ0v) is 13.8. The van der Waals surface area contributed by atoms with Crippen LogP contribution in [0.5, 0.6) is 5.75 Å². The van der Waals surface area contributed by atoms with Gasteiger partial charge < -0.3 is 14.7 Å². The van der Waals surface area contributed by atoms with E-state index >= 15 is 0 Å². The number of para-hydroxylation sites is 1. The van der Waals surface area contributed by atoms with E-state index in [1.165, 1.54) is 11.8 Å². The topological polar surface area (TPSA) is 66.8 Å². The third kappa shape index (κ3) is 4.59. The van der Waals surface area contributed by atoms with Crippen molar-refractivity contribution in [3.8, 4) is 5.75 Å². The summed E-state index contributed by atoms with van der Waals surface area (Å²) < 4.78 is 5.64. The first-order valence-electron chi connectivity index (χ1n) is 7.78. The van der Waals surface area contributed by atoms with E-state index < -0.39 is 18.1 Å². The number of hydrogen-bond donors (Lipinski definition) is 1. The molecule has 2 atom stereocenters. The summed E-state index contributed by atoms with van der Waals surface area (Å²) in [5, 5.41) is 9.32. The lowest BCUT2D eigenvalue weighted by molar-refractivity contribution is -0.153. The molecule has 0 spiro atoms. The van der Waals surface area contributed by atoms with Gasteiger partial charge in [-0.3, -0.25) is 4.79 Å². The number of carboxylic acids is 1. The molecule has 0 bridgehead atoms. The van der Waals surface area contributed by atoms with Gasteiger partial charge in [0, 0.05) is 6.54 Å². The predicted molar refractivity (Wildman–Crippen MR) is 90.6 cm³/mol. The molecule has 5 nitrogen and oxygen atoms in total. The van der Waals surface area contributed by atoms with Gasteiger partial charge in [-0.1, -0.05) is 48.5 Å². The molecule has 0 aliphatic rings. The number of rotatable bonds is 7. The zero-order chi connectivity index (χ0) is 17.5. The smallest absolute Gasteiger partial charge is 0.326 e. The number of carbonyl (C=O) groups excluding carboxylic acids is 1. The maximum atomic E-state index is 12.7. The molecular weight excluding hydrogens is 306 g/mol. The van der Waals surface area contributed by atoms with Crippen LogP contribution in [0.4, 0.5) is 0 Å². The fourth-order valence-electron chi connectivity index (χ4n) is 2.31. The van der Waals surface area contributed by atoms with Crippen molar-refractivity contribution in [3.63, 3.8) is 0 Å². The van der Waals surface area contributed by atoms with Gasteiger partial charge in [-0.25, -0.2) is 4.79 Å². The minimum atomic E-state index is -1.05. The second-order valence-corrected chi connectivity index (χ2v) is 5.54. The molecule has 0 aliphatic carbocycles. The van der Waals surface area contributed by atoms with Crippen LogP contribution in [0.15, 0.2) is 60.7 Å². The van der Waals surface area contributed by atoms with Crippen LogP contribution in [0.2, 0.25) is 0 Å². The normalized spacial score (nSPS) is 12.9. The van der Waals surface area contributed by atoms with E-state index in [0.717, 1.165) is 5.56 Å². The molecule has 0 radical (unpaired) electrons. The fraction of sp³-hybridized carbons (Fsp3) is 0.263. The molecule has 126 valence electrons. The van der Waals surface area contributed by atoms with Crippen molar-refractivity contribution in [2.75, 3.05) is 0 Å². The Morgan fingerprint density at radius 2 is 1.54 bits per heavy atom. The summed E-state index contributed by atoms with van der Waals surface area (Å²) in [4.78, 5) is 25.4. The minimum absolute atomic E-state index is 0.218. The highest BCUT2D eigenvalue weighted by Gasteiger charge is 2.30. The lowest BCUT2D eigenvalue weighted by Gasteiger charge is -2.29. The number of nitrogens with zero attached hydrogens (tertiary/aromatic N) is 1. The van der Waals surface area contributed by atoms with E-state index in [0.29, 0.717) is 5.75 Å². The van der Waals surface area contributed by atoms with Gasteiger partial charge in [-0.15, -0.1) is 0 Å². The van der Waals surface area contributed by atoms with Crippen LogP contribution < -0.4 is 4.74 Å². The molecule has 1 N–H and O–H groups in total. The first-order chi connectivity index (χ1) is 11.5. The summed E-state index contributed by atoms with van der Waals surface area (Å²) in [5.74, 6) is -0.843. The lowest BCUT2D eigenvalue weighted by Crippen LogP contribution is -2.48. The quantitative estimate of drug-likeness (QED) is 0.849. The number of amides is 1. The van der Waals surface area contributed by atoms with Gasteiger partial charge in [0.25, 0.3) is 5.91 Å². The Labute approximate surface area is 141 Å². The predicted octanol–water partition coefficient (Wildman–Crippen LogP) is 2.96. The summed E-state index contributed by atoms with van der Waals surface area (Å²) in [5.41, 5.74) is 0.867. The average Bonchev–Trinajstić information content (AvgIpc) is 2.60. The van der Waals surface area contributed by atoms with Crippen molar-refractivity contribution >= 4 is 11.9 Å². The van der Waals surface area contributed by atoms with Crippen LogP contribution in [0.1, 0.15) is 19.4 Å². The summed E-state index contributed by atoms with van der Waals surface area (Å²) in [6, 6.07) is 17.3. The van der Waals surface area contributed by atoms with E-state index in [1.807, 2.05) is 48.5 Å². The van der Waals surface area contributed by atoms with Gasteiger partial charge in [-0.2, -0.15) is 0 Å². The molecule has 5 heteroatoms. The molecule has 0 fully saturated rings. The molecule has 24 heavy (non-hydrogen) atoms. The monoisotopic (exact) mass is 327 g/mol. The van der Waals surface area contributed by atoms with Crippen LogP contribution >= 0.6 is 0 Å². The minimum Gasteiger partial charge on any atom is -0.481 e. The molecule has 0 saturated heterocycles. The summed E-state index contributed by atoms with van der Waals surface area (Å²) in [6.45, 7) is 3.34. The SMILES string of the molecule is CC(Oc1ccccc1)C(=O)N(Cc1ccccc1)C(C)C(=O)O. The second-order valence-electron chi connectivity index (χ2n) is 5.54. The van der Waals surface area contributed by atoms with Crippen molar-refractivity contribution in [2.24, 2.45) is 0 Å². The lowest BCUT2D eigenvalue weighted by atomic mass is 10.1. The second kappa shape index (κ2) is 8.15. The molecule has 2 rings (SSSR count). The van der Waals surface area contributed by atoms with Crippen molar-refractivity contribution in [1.82, 2.24) is 4.90 Å². The van der Waals surface area contributed by atoms with E-state index in [2.05, 4.69) is 0 Å². The molecule has 0 aromatic heterocycles. The van der Waals surface area contributed by atoms with Crippen molar-refractivity contribution in [2.45, 2.75) is 32.5 Å². The highest BCUT2D eigenvalue weighted by molar-refractivity contribution is 5.86. The Hall–Kier alpha value is -2.82. The molecule has 2 unspecified atom stereocenters. The maximum absolute atomic E-state index is 12.7. The Balaban J connectivity index is 2.15. The first-order valence-corrected chi connectivity index (χ1v) is 7.78. The third-order valence-corrected chi connectivity index (χ3v) is 3.71. The van der Waals surface area contributed by atoms with Gasteiger partial charge in [0.05, 0.1) is 0 Å². The summed E-state index contributed by atoms with van der Waals surface area (Å²) >= 11 is 0. The van der Waals surface area contributed by atoms with E-state index in [9.17, 15) is 14.7 Å². The molecule has 0 aliphatic heterocycles. The average molecular weight is 327 g/mol. The highest BCUT2D eigenvalue weighted by atomic mass is 16.5. The molecule has 2 aromatic rings. The van der Waals surface area contributed by atoms with E-state index in [1.54, 1.807) is 19.1 Å². The van der Waals surface area contributed by atoms with Gasteiger partial charge in [0.2, 0.25) is 0 Å². The number of hydrogen-bond acceptors (Lipinski definition) is 3. The fourth-order valence-corrected chi connectivity index (χ4v) is 2.31. The highest BCUT2D eigenvalue weighted by Crippen LogP contribution is 2.15. The van der Waals surface area contributed by atoms with E-state index in [-0.39, 0.29) is 12.5 Å². The Bertz CT molecular complexity index is 672. The maximum Gasteiger partial charge on any atom is 0.326 e. The molecule has 0 heterocycles. The van der Waals surface area contributed by atoms with Crippen LogP contribution in [0.3, 0.4) is 0 Å². The molecule has 2 aromatic carbocycles. The standard InChI is InChI=1S/C19H21NO4/c1-14(19(22)23)20(13-16-9-5-3-6-10-16)18(21)15(2)24-17-11-7-4-8-12-17/h3-12,14-15H,13H2,1-2H3,(H,22,23). The zero-order valence-electron chi connectivity index (χ0n) is 13.8. The van der Waals surface area contributed by atoms with Gasteiger partial charge in [0.1, 0.15) is 11.8 Å². The summed E-state index contributed by atoms with van der Waals surface area (Å²) in [6.07, 6.45) is -0.780. The number of ether oxygens (including phenoxy) is 1. The summed E-state index contributed by atoms with van der Waals surface area (Å²) in [7, 11) is 0. The molecule has 1 amide bonds. The van der Waals surface area contributed by atoms with Gasteiger partial charge in [0.15, 0.2) is 6.10 Å². The van der Waals surface area contributed by atoms with Crippen LogP contribution in [-0.4, -0.2) is 34.0 Å². The third-order valence-electron chi connectivity index (χ3n) is 3.71. The Kier molecular flexibility index (Phi) is 5.95. The van der Waals surface area contributed by atoms with Crippen molar-refractivity contribution < 1.29 is 19.4 Å². The van der Waals surface area contributed by atoms with E-state index in [4.69, 9.17) is 4.74 Å². The van der Waals surface area contributed by atoms with Crippen molar-refractivity contribution in [3.05, 3.63) is 66.2 Å². The number of carboxylic acid groups (broad SMARTS) is 1. The van der Waals surface area contributed by atoms with Crippen LogP contribution in [-0.2, 0) is 16.1 Å². The van der Waals surface area contributed by atoms with Crippen LogP contribution in [0, 0.1) is 0 Å². The number of carbonyl (C=O) groups is 2. The van der Waals surface area contributed by atoms with Crippen LogP contribution in [0.25, 0.3) is 0 Å². The Morgan fingerprint density at radius 1 is 1.00 bits per heavy atom. The molecule has 0 saturated carbocycles. The van der Waals surface area contributed by atoms with Gasteiger partial charge >= 0.3 is 5.97 Å². The molecular formula is C19H21NO4. The Morgan fingerprint density at radius 3 is 2.08 bits per heavy atom. The van der Waals surface area contributed by atoms with Crippen molar-refractivity contribution in [1.29, 1.82) is 0 Å². The number of benzene rings is 2. The first kappa shape index (κ1) is 17.5.